The summed E-state index contributed by atoms with van der Waals surface area (Å²) in [7, 11) is 7.92. The minimum Gasteiger partial charge on any atom is -0.332 e. The summed E-state index contributed by atoms with van der Waals surface area (Å²) in [5.74, 6) is 0. The van der Waals surface area contributed by atoms with Crippen molar-refractivity contribution in [2.45, 2.75) is 31.6 Å². The van der Waals surface area contributed by atoms with E-state index in [0.717, 1.165) is 0 Å². The highest BCUT2D eigenvalue weighted by molar-refractivity contribution is 6.74. The summed E-state index contributed by atoms with van der Waals surface area (Å²) in [6.07, 6.45) is 0. The molecule has 0 aromatic rings. The Morgan fingerprint density at radius 2 is 1.08 bits per heavy atom. The van der Waals surface area contributed by atoms with E-state index in [1.54, 1.807) is 5.67 Å². The lowest BCUT2D eigenvalue weighted by molar-refractivity contribution is 0.619. The molecule has 0 amide bonds. The highest BCUT2D eigenvalue weighted by atomic mass is 28.3. The van der Waals surface area contributed by atoms with Crippen molar-refractivity contribution in [1.82, 2.24) is 9.13 Å². The average Bonchev–Trinajstić information content (AvgIpc) is 2.05. The van der Waals surface area contributed by atoms with Crippen molar-refractivity contribution in [3.05, 3.63) is 0 Å². The molecule has 0 aliphatic heterocycles. The van der Waals surface area contributed by atoms with E-state index in [1.807, 2.05) is 0 Å². The summed E-state index contributed by atoms with van der Waals surface area (Å²) in [6.45, 7) is 4.71. The maximum absolute atomic E-state index is 2.51. The number of rotatable bonds is 6. The van der Waals surface area contributed by atoms with Crippen LogP contribution in [-0.4, -0.2) is 55.2 Å². The summed E-state index contributed by atoms with van der Waals surface area (Å²) in [4.78, 5) is 0. The Hall–Kier alpha value is 0.354. The number of hydrogen-bond donors (Lipinski definition) is 0. The van der Waals surface area contributed by atoms with Gasteiger partial charge in [-0.05, 0) is 33.9 Å². The second-order valence-electron chi connectivity index (χ2n) is 4.29. The third kappa shape index (κ3) is 4.95. The van der Waals surface area contributed by atoms with Crippen molar-refractivity contribution in [2.24, 2.45) is 0 Å². The van der Waals surface area contributed by atoms with Gasteiger partial charge in [-0.1, -0.05) is 25.9 Å². The lowest BCUT2D eigenvalue weighted by Crippen LogP contribution is -2.42. The molecular weight excluding hydrogens is 192 g/mol. The van der Waals surface area contributed by atoms with Crippen molar-refractivity contribution in [3.63, 3.8) is 0 Å². The fraction of sp³-hybridized carbons (Fsp3) is 1.00. The normalized spacial score (nSPS) is 16.6. The molecule has 0 rings (SSSR count). The molecule has 0 fully saturated rings. The van der Waals surface area contributed by atoms with Crippen LogP contribution in [0.15, 0.2) is 0 Å². The molecule has 0 saturated carbocycles. The second-order valence-corrected chi connectivity index (χ2v) is 12.5. The van der Waals surface area contributed by atoms with Gasteiger partial charge in [0.05, 0.1) is 0 Å². The van der Waals surface area contributed by atoms with Crippen LogP contribution in [-0.2, 0) is 0 Å². The third-order valence-electron chi connectivity index (χ3n) is 2.95. The zero-order valence-corrected chi connectivity index (χ0v) is 12.5. The Morgan fingerprint density at radius 3 is 1.23 bits per heavy atom. The van der Waals surface area contributed by atoms with E-state index in [2.05, 4.69) is 51.2 Å². The third-order valence-corrected chi connectivity index (χ3v) is 12.1. The van der Waals surface area contributed by atoms with Gasteiger partial charge in [-0.25, -0.2) is 0 Å². The predicted octanol–water partition coefficient (Wildman–Crippen LogP) is 1.14. The highest BCUT2D eigenvalue weighted by Crippen LogP contribution is 2.09. The zero-order valence-electron chi connectivity index (χ0n) is 10.2. The van der Waals surface area contributed by atoms with Gasteiger partial charge in [0, 0.05) is 0 Å². The Morgan fingerprint density at radius 1 is 0.769 bits per heavy atom. The smallest absolute Gasteiger partial charge is 0.109 e. The predicted molar refractivity (Wildman–Crippen MR) is 67.4 cm³/mol. The van der Waals surface area contributed by atoms with E-state index in [0.29, 0.717) is 0 Å². The number of hydrogen-bond acceptors (Lipinski definition) is 2. The van der Waals surface area contributed by atoms with Crippen LogP contribution < -0.4 is 0 Å². The van der Waals surface area contributed by atoms with Crippen molar-refractivity contribution in [3.8, 4) is 0 Å². The first-order valence-corrected chi connectivity index (χ1v) is 9.65. The first-order valence-electron chi connectivity index (χ1n) is 5.35. The van der Waals surface area contributed by atoms with E-state index in [9.17, 15) is 0 Å². The molecule has 0 bridgehead atoms. The Kier molecular flexibility index (Phi) is 6.94. The fourth-order valence-electron chi connectivity index (χ4n) is 1.80. The molecule has 0 radical (unpaired) electrons. The summed E-state index contributed by atoms with van der Waals surface area (Å²) in [5.41, 5.74) is 1.56. The van der Waals surface area contributed by atoms with E-state index in [4.69, 9.17) is 0 Å². The molecule has 80 valence electrons. The molecule has 0 aliphatic rings. The molecular formula is C9H26N2Si2. The summed E-state index contributed by atoms with van der Waals surface area (Å²) in [5, 5.41) is 0. The van der Waals surface area contributed by atoms with Crippen molar-refractivity contribution in [1.29, 1.82) is 0 Å². The molecule has 0 aromatic heterocycles. The molecule has 0 aromatic carbocycles. The molecule has 0 heterocycles. The maximum Gasteiger partial charge on any atom is 0.109 e. The van der Waals surface area contributed by atoms with Crippen molar-refractivity contribution < 1.29 is 0 Å². The minimum absolute atomic E-state index is 0.564. The van der Waals surface area contributed by atoms with Crippen LogP contribution >= 0.6 is 0 Å². The van der Waals surface area contributed by atoms with Crippen LogP contribution in [0, 0.1) is 0 Å². The van der Waals surface area contributed by atoms with Gasteiger partial charge in [-0.2, -0.15) is 0 Å². The molecule has 0 N–H and O–H groups in total. The van der Waals surface area contributed by atoms with Gasteiger partial charge in [-0.3, -0.25) is 0 Å². The van der Waals surface area contributed by atoms with Gasteiger partial charge in [0.15, 0.2) is 0 Å². The lowest BCUT2D eigenvalue weighted by atomic mass is 11.0. The van der Waals surface area contributed by atoms with Gasteiger partial charge >= 0.3 is 0 Å². The summed E-state index contributed by atoms with van der Waals surface area (Å²) in [6, 6.07) is 2.84. The summed E-state index contributed by atoms with van der Waals surface area (Å²) < 4.78 is 5.03. The molecule has 0 saturated heterocycles. The number of nitrogens with zero attached hydrogens (tertiary/aromatic N) is 2. The van der Waals surface area contributed by atoms with Gasteiger partial charge < -0.3 is 9.13 Å². The molecule has 0 aliphatic carbocycles. The van der Waals surface area contributed by atoms with E-state index in [-0.39, 0.29) is 0 Å². The van der Waals surface area contributed by atoms with Crippen LogP contribution in [0.4, 0.5) is 0 Å². The molecule has 0 spiro atoms. The van der Waals surface area contributed by atoms with Crippen LogP contribution in [0.1, 0.15) is 13.8 Å². The van der Waals surface area contributed by atoms with Gasteiger partial charge in [0.1, 0.15) is 17.9 Å². The van der Waals surface area contributed by atoms with E-state index in [1.165, 1.54) is 12.1 Å². The lowest BCUT2D eigenvalue weighted by Gasteiger charge is -2.28. The maximum atomic E-state index is 2.51. The summed E-state index contributed by atoms with van der Waals surface area (Å²) >= 11 is 0. The highest BCUT2D eigenvalue weighted by Gasteiger charge is 2.19. The first-order chi connectivity index (χ1) is 6.02. The van der Waals surface area contributed by atoms with Gasteiger partial charge in [-0.15, -0.1) is 0 Å². The first kappa shape index (κ1) is 13.4. The minimum atomic E-state index is -0.564. The molecule has 2 atom stereocenters. The van der Waals surface area contributed by atoms with Crippen LogP contribution in [0.25, 0.3) is 0 Å². The van der Waals surface area contributed by atoms with Gasteiger partial charge in [0.25, 0.3) is 0 Å². The Balaban J connectivity index is 4.03. The Labute approximate surface area is 87.3 Å². The molecule has 4 heteroatoms. The second kappa shape index (κ2) is 6.76. The van der Waals surface area contributed by atoms with Gasteiger partial charge in [0.2, 0.25) is 0 Å². The molecule has 2 nitrogen and oxygen atoms in total. The van der Waals surface area contributed by atoms with Crippen LogP contribution in [0.5, 0.6) is 0 Å². The quantitative estimate of drug-likeness (QED) is 0.617. The Bertz CT molecular complexity index is 115. The zero-order chi connectivity index (χ0) is 10.4. The largest absolute Gasteiger partial charge is 0.332 e. The molecule has 2 unspecified atom stereocenters. The monoisotopic (exact) mass is 218 g/mol. The molecule has 13 heavy (non-hydrogen) atoms. The van der Waals surface area contributed by atoms with Crippen molar-refractivity contribution in [2.75, 3.05) is 28.2 Å². The standard InChI is InChI=1S/C9H26N2Si2/c1-7-12(10(3)4)9-13(8-2)11(5)6/h12-13H,7-9H2,1-6H3. The fourth-order valence-corrected chi connectivity index (χ4v) is 11.8. The average molecular weight is 218 g/mol. The SMILES string of the molecule is CC[SiH](C[SiH](CC)N(C)C)N(C)C. The van der Waals surface area contributed by atoms with E-state index < -0.39 is 17.9 Å². The topological polar surface area (TPSA) is 6.48 Å². The van der Waals surface area contributed by atoms with Crippen LogP contribution in [0.3, 0.4) is 0 Å². The van der Waals surface area contributed by atoms with Crippen molar-refractivity contribution >= 4 is 17.9 Å². The van der Waals surface area contributed by atoms with Crippen LogP contribution in [0.2, 0.25) is 17.8 Å². The van der Waals surface area contributed by atoms with E-state index >= 15 is 0 Å².